The molecule has 0 aliphatic carbocycles. The van der Waals surface area contributed by atoms with Crippen molar-refractivity contribution in [3.63, 3.8) is 0 Å². The molecule has 0 bridgehead atoms. The highest BCUT2D eigenvalue weighted by molar-refractivity contribution is 7.99. The van der Waals surface area contributed by atoms with Crippen molar-refractivity contribution < 1.29 is 24.6 Å². The van der Waals surface area contributed by atoms with Crippen molar-refractivity contribution in [1.29, 1.82) is 0 Å². The number of phenolic OH excluding ortho intramolecular Hbond substituents is 1. The van der Waals surface area contributed by atoms with Gasteiger partial charge in [0.2, 0.25) is 5.91 Å². The van der Waals surface area contributed by atoms with Crippen LogP contribution in [0.15, 0.2) is 43.5 Å². The van der Waals surface area contributed by atoms with Crippen LogP contribution in [0.1, 0.15) is 84.7 Å². The maximum absolute atomic E-state index is 12.8. The second-order valence-electron chi connectivity index (χ2n) is 8.18. The number of thioether (sulfide) groups is 1. The predicted octanol–water partition coefficient (Wildman–Crippen LogP) is 6.29. The van der Waals surface area contributed by atoms with Crippen LogP contribution in [0.2, 0.25) is 0 Å². The number of benzene rings is 1. The summed E-state index contributed by atoms with van der Waals surface area (Å²) < 4.78 is 0. The van der Waals surface area contributed by atoms with Gasteiger partial charge in [0.25, 0.3) is 11.8 Å². The number of halogens is 1. The Morgan fingerprint density at radius 1 is 1.12 bits per heavy atom. The van der Waals surface area contributed by atoms with E-state index in [0.29, 0.717) is 5.56 Å². The third kappa shape index (κ3) is 22.8. The number of nitrogens with one attached hydrogen (secondary N) is 2. The van der Waals surface area contributed by atoms with E-state index in [1.54, 1.807) is 13.0 Å². The van der Waals surface area contributed by atoms with Crippen molar-refractivity contribution >= 4 is 41.1 Å². The molecule has 41 heavy (non-hydrogen) atoms. The van der Waals surface area contributed by atoms with Gasteiger partial charge in [0.15, 0.2) is 6.10 Å². The first-order chi connectivity index (χ1) is 19.4. The summed E-state index contributed by atoms with van der Waals surface area (Å²) in [5.41, 5.74) is 0.642. The van der Waals surface area contributed by atoms with E-state index in [1.165, 1.54) is 41.8 Å². The molecule has 1 aromatic rings. The highest BCUT2D eigenvalue weighted by Gasteiger charge is 2.30. The molecule has 3 amide bonds. The first-order valence-corrected chi connectivity index (χ1v) is 15.7. The van der Waals surface area contributed by atoms with Gasteiger partial charge in [-0.15, -0.1) is 36.5 Å². The van der Waals surface area contributed by atoms with Crippen LogP contribution in [-0.2, 0) is 9.59 Å². The van der Waals surface area contributed by atoms with Crippen LogP contribution in [-0.4, -0.2) is 75.1 Å². The second kappa shape index (κ2) is 30.5. The molecule has 0 heterocycles. The molecule has 0 aliphatic rings. The highest BCUT2D eigenvalue weighted by Crippen LogP contribution is 2.19. The molecule has 2 atom stereocenters. The minimum Gasteiger partial charge on any atom is -0.508 e. The molecule has 0 radical (unpaired) electrons. The van der Waals surface area contributed by atoms with Crippen LogP contribution in [0.25, 0.3) is 0 Å². The van der Waals surface area contributed by atoms with E-state index in [1.807, 2.05) is 54.5 Å². The average Bonchev–Trinajstić information content (AvgIpc) is 2.97. The fraction of sp³-hybridized carbons (Fsp3) is 0.581. The Morgan fingerprint density at radius 2 is 1.63 bits per heavy atom. The summed E-state index contributed by atoms with van der Waals surface area (Å²) in [5, 5.41) is 25.7. The van der Waals surface area contributed by atoms with Crippen LogP contribution in [0.3, 0.4) is 0 Å². The Morgan fingerprint density at radius 3 is 2.07 bits per heavy atom. The summed E-state index contributed by atoms with van der Waals surface area (Å²) in [5.74, 6) is -1.12. The lowest BCUT2D eigenvalue weighted by Gasteiger charge is -2.28. The minimum atomic E-state index is -1.54. The summed E-state index contributed by atoms with van der Waals surface area (Å²) in [6.45, 7) is 25.9. The number of aliphatic hydroxyl groups is 1. The van der Waals surface area contributed by atoms with E-state index in [-0.39, 0.29) is 47.3 Å². The largest absolute Gasteiger partial charge is 0.508 e. The number of nitrogens with zero attached hydrogens (tertiary/aromatic N) is 1. The van der Waals surface area contributed by atoms with Gasteiger partial charge in [-0.1, -0.05) is 66.7 Å². The minimum absolute atomic E-state index is 0.0215. The Balaban J connectivity index is -0.000000539. The number of carbonyl (C=O) groups excluding carboxylic acids is 3. The number of alkyl halides is 1. The van der Waals surface area contributed by atoms with Crippen LogP contribution >= 0.6 is 23.4 Å². The van der Waals surface area contributed by atoms with Crippen molar-refractivity contribution in [2.75, 3.05) is 24.8 Å². The number of hydrogen-bond donors (Lipinski definition) is 4. The zero-order valence-electron chi connectivity index (χ0n) is 26.9. The normalized spacial score (nSPS) is 10.7. The van der Waals surface area contributed by atoms with Crippen molar-refractivity contribution in [3.8, 4) is 5.75 Å². The van der Waals surface area contributed by atoms with Gasteiger partial charge in [0.1, 0.15) is 12.3 Å². The van der Waals surface area contributed by atoms with E-state index in [0.717, 1.165) is 6.42 Å². The van der Waals surface area contributed by atoms with Crippen LogP contribution < -0.4 is 10.6 Å². The lowest BCUT2D eigenvalue weighted by atomic mass is 10.1. The van der Waals surface area contributed by atoms with Gasteiger partial charge in [-0.05, 0) is 39.3 Å². The smallest absolute Gasteiger partial charge is 0.254 e. The molecular weight excluding hydrogens is 562 g/mol. The zero-order chi connectivity index (χ0) is 33.0. The molecule has 0 saturated carbocycles. The van der Waals surface area contributed by atoms with Crippen molar-refractivity contribution in [1.82, 2.24) is 15.5 Å². The number of aromatic hydroxyl groups is 1. The lowest BCUT2D eigenvalue weighted by Crippen LogP contribution is -2.52. The number of amides is 3. The van der Waals surface area contributed by atoms with Gasteiger partial charge in [-0.2, -0.15) is 0 Å². The number of hydrogen-bond acceptors (Lipinski definition) is 6. The quantitative estimate of drug-likeness (QED) is 0.124. The van der Waals surface area contributed by atoms with Crippen LogP contribution in [0, 0.1) is 6.92 Å². The molecule has 8 nitrogen and oxygen atoms in total. The van der Waals surface area contributed by atoms with Crippen molar-refractivity contribution in [2.45, 2.75) is 93.1 Å². The second-order valence-corrected chi connectivity index (χ2v) is 10.1. The zero-order valence-corrected chi connectivity index (χ0v) is 28.5. The number of aliphatic hydroxyl groups excluding tert-OH is 1. The summed E-state index contributed by atoms with van der Waals surface area (Å²) in [4.78, 5) is 38.6. The van der Waals surface area contributed by atoms with Crippen LogP contribution in [0.4, 0.5) is 0 Å². The first-order valence-electron chi connectivity index (χ1n) is 14.1. The van der Waals surface area contributed by atoms with Gasteiger partial charge in [0, 0.05) is 28.8 Å². The van der Waals surface area contributed by atoms with Gasteiger partial charge >= 0.3 is 0 Å². The first kappa shape index (κ1) is 45.5. The third-order valence-electron chi connectivity index (χ3n) is 4.55. The Bertz CT molecular complexity index is 853. The molecule has 0 spiro atoms. The van der Waals surface area contributed by atoms with E-state index in [4.69, 9.17) is 11.6 Å². The molecule has 10 heteroatoms. The maximum Gasteiger partial charge on any atom is 0.254 e. The van der Waals surface area contributed by atoms with Gasteiger partial charge in [-0.25, -0.2) is 0 Å². The SMILES string of the molecule is C=CC.C=CCC.CC.CC.Cc1c(O)cccc1C(=O)N[C@@H](C)C(O)C(=O)N(CSC(C)C)CC(=O)NCCCl. The van der Waals surface area contributed by atoms with E-state index < -0.39 is 24.0 Å². The van der Waals surface area contributed by atoms with E-state index in [9.17, 15) is 24.6 Å². The monoisotopic (exact) mass is 617 g/mol. The summed E-state index contributed by atoms with van der Waals surface area (Å²) >= 11 is 7.01. The third-order valence-corrected chi connectivity index (χ3v) is 5.87. The number of allylic oxidation sites excluding steroid dienone is 2. The molecule has 1 unspecified atom stereocenters. The topological polar surface area (TPSA) is 119 Å². The van der Waals surface area contributed by atoms with E-state index >= 15 is 0 Å². The Hall–Kier alpha value is -2.49. The fourth-order valence-electron chi connectivity index (χ4n) is 2.48. The Labute approximate surface area is 259 Å². The van der Waals surface area contributed by atoms with E-state index in [2.05, 4.69) is 30.7 Å². The standard InChI is InChI=1S/C20H30ClN3O5S.C4H8.C3H6.2C2H6/c1-12(2)30-11-24(10-17(26)22-9-8-21)20(29)18(27)14(4)23-19(28)15-6-5-7-16(25)13(15)3;1-3-4-2;1-3-2;2*1-2/h5-7,12,14,18,25,27H,8-11H2,1-4H3,(H,22,26)(H,23,28);3H,1,4H2,2H3;3H,1H2,2H3;2*1-2H3/t14-,18?;;;;/m0..../s1. The molecule has 238 valence electrons. The molecule has 0 fully saturated rings. The molecule has 1 rings (SSSR count). The van der Waals surface area contributed by atoms with Gasteiger partial charge < -0.3 is 25.7 Å². The molecular formula is C31H56ClN3O5S. The fourth-order valence-corrected chi connectivity index (χ4v) is 3.27. The summed E-state index contributed by atoms with van der Waals surface area (Å²) in [7, 11) is 0. The molecule has 4 N–H and O–H groups in total. The van der Waals surface area contributed by atoms with Crippen molar-refractivity contribution in [3.05, 3.63) is 54.6 Å². The highest BCUT2D eigenvalue weighted by atomic mass is 35.5. The number of carbonyl (C=O) groups is 3. The molecule has 0 aliphatic heterocycles. The van der Waals surface area contributed by atoms with Gasteiger partial charge in [0.05, 0.1) is 11.9 Å². The maximum atomic E-state index is 12.8. The van der Waals surface area contributed by atoms with Crippen LogP contribution in [0.5, 0.6) is 5.75 Å². The summed E-state index contributed by atoms with van der Waals surface area (Å²) in [6, 6.07) is 3.63. The molecule has 0 aromatic heterocycles. The lowest BCUT2D eigenvalue weighted by molar-refractivity contribution is -0.143. The Kier molecular flexibility index (Phi) is 33.8. The summed E-state index contributed by atoms with van der Waals surface area (Å²) in [6.07, 6.45) is 3.17. The molecule has 0 saturated heterocycles. The average molecular weight is 618 g/mol. The number of rotatable bonds is 12. The predicted molar refractivity (Wildman–Crippen MR) is 178 cm³/mol. The number of phenols is 1. The van der Waals surface area contributed by atoms with Gasteiger partial charge in [-0.3, -0.25) is 14.4 Å². The van der Waals surface area contributed by atoms with Crippen molar-refractivity contribution in [2.24, 2.45) is 0 Å². The molecule has 1 aromatic carbocycles.